The molecule has 0 fully saturated rings. The molecule has 1 aromatic heterocycles. The van der Waals surface area contributed by atoms with E-state index in [-0.39, 0.29) is 5.78 Å². The Labute approximate surface area is 157 Å². The maximum absolute atomic E-state index is 12.9. The molecule has 0 aliphatic rings. The number of ketones is 1. The van der Waals surface area contributed by atoms with Crippen molar-refractivity contribution in [1.29, 1.82) is 0 Å². The molecule has 0 aliphatic heterocycles. The Hall–Kier alpha value is -2.36. The van der Waals surface area contributed by atoms with Crippen molar-refractivity contribution in [3.8, 4) is 5.75 Å². The third-order valence-electron chi connectivity index (χ3n) is 4.24. The first-order chi connectivity index (χ1) is 12.8. The number of carbonyl (C=O) groups is 1. The lowest BCUT2D eigenvalue weighted by Gasteiger charge is -2.11. The molecule has 0 unspecified atom stereocenters. The molecule has 1 heterocycles. The number of nitrogens with one attached hydrogen (secondary N) is 1. The van der Waals surface area contributed by atoms with Crippen molar-refractivity contribution in [2.45, 2.75) is 52.4 Å². The first-order valence-electron chi connectivity index (χ1n) is 9.72. The quantitative estimate of drug-likeness (QED) is 0.405. The maximum Gasteiger partial charge on any atom is 0.196 e. The number of benzene rings is 1. The van der Waals surface area contributed by atoms with Gasteiger partial charge in [-0.05, 0) is 37.1 Å². The molecule has 0 atom stereocenters. The van der Waals surface area contributed by atoms with Crippen molar-refractivity contribution in [2.24, 2.45) is 0 Å². The van der Waals surface area contributed by atoms with E-state index in [2.05, 4.69) is 24.1 Å². The molecule has 26 heavy (non-hydrogen) atoms. The number of hydrogen-bond acceptors (Lipinski definition) is 4. The van der Waals surface area contributed by atoms with Crippen LogP contribution in [0.25, 0.3) is 0 Å². The number of hydrogen-bond donors (Lipinski definition) is 1. The van der Waals surface area contributed by atoms with Gasteiger partial charge in [-0.15, -0.1) is 0 Å². The Kier molecular flexibility index (Phi) is 8.67. The summed E-state index contributed by atoms with van der Waals surface area (Å²) in [6.07, 6.45) is 8.53. The van der Waals surface area contributed by atoms with Gasteiger partial charge in [0.1, 0.15) is 11.6 Å². The standard InChI is InChI=1S/C22H30N2O2/c1-3-5-7-8-14-23-22-20(13-10-15-24-22)21(25)18-11-9-12-19(17-18)26-16-6-4-2/h9-13,15,17H,3-8,14,16H2,1-2H3,(H,23,24). The highest BCUT2D eigenvalue weighted by Gasteiger charge is 2.15. The number of carbonyl (C=O) groups excluding carboxylic acids is 1. The van der Waals surface area contributed by atoms with Gasteiger partial charge in [-0.3, -0.25) is 4.79 Å². The van der Waals surface area contributed by atoms with Gasteiger partial charge in [0.05, 0.1) is 12.2 Å². The van der Waals surface area contributed by atoms with Crippen molar-refractivity contribution in [3.05, 3.63) is 53.7 Å². The second-order valence-electron chi connectivity index (χ2n) is 6.45. The van der Waals surface area contributed by atoms with Crippen molar-refractivity contribution in [1.82, 2.24) is 4.98 Å². The predicted octanol–water partition coefficient (Wildman–Crippen LogP) is 5.48. The number of anilines is 1. The molecule has 0 bridgehead atoms. The SMILES string of the molecule is CCCCCCNc1ncccc1C(=O)c1cccc(OCCCC)c1. The molecule has 0 amide bonds. The molecule has 2 rings (SSSR count). The largest absolute Gasteiger partial charge is 0.494 e. The van der Waals surface area contributed by atoms with Crippen molar-refractivity contribution in [3.63, 3.8) is 0 Å². The predicted molar refractivity (Wildman–Crippen MR) is 107 cm³/mol. The fourth-order valence-electron chi connectivity index (χ4n) is 2.70. The smallest absolute Gasteiger partial charge is 0.196 e. The van der Waals surface area contributed by atoms with Crippen LogP contribution in [0.4, 0.5) is 5.82 Å². The Morgan fingerprint density at radius 3 is 2.69 bits per heavy atom. The molecule has 0 saturated carbocycles. The van der Waals surface area contributed by atoms with Crippen LogP contribution >= 0.6 is 0 Å². The summed E-state index contributed by atoms with van der Waals surface area (Å²) in [4.78, 5) is 17.3. The Balaban J connectivity index is 2.05. The van der Waals surface area contributed by atoms with Gasteiger partial charge in [0, 0.05) is 18.3 Å². The lowest BCUT2D eigenvalue weighted by molar-refractivity contribution is 0.103. The fourth-order valence-corrected chi connectivity index (χ4v) is 2.70. The van der Waals surface area contributed by atoms with Gasteiger partial charge in [0.2, 0.25) is 0 Å². The van der Waals surface area contributed by atoms with Crippen LogP contribution in [0, 0.1) is 0 Å². The maximum atomic E-state index is 12.9. The number of rotatable bonds is 12. The molecule has 4 heteroatoms. The Morgan fingerprint density at radius 1 is 1.04 bits per heavy atom. The topological polar surface area (TPSA) is 51.2 Å². The van der Waals surface area contributed by atoms with Gasteiger partial charge in [0.15, 0.2) is 5.78 Å². The molecule has 1 N–H and O–H groups in total. The van der Waals surface area contributed by atoms with Gasteiger partial charge in [-0.1, -0.05) is 51.7 Å². The van der Waals surface area contributed by atoms with Crippen molar-refractivity contribution in [2.75, 3.05) is 18.5 Å². The zero-order valence-corrected chi connectivity index (χ0v) is 16.0. The fraction of sp³-hybridized carbons (Fsp3) is 0.455. The average molecular weight is 354 g/mol. The summed E-state index contributed by atoms with van der Waals surface area (Å²) >= 11 is 0. The number of aromatic nitrogens is 1. The second kappa shape index (κ2) is 11.3. The van der Waals surface area contributed by atoms with Gasteiger partial charge >= 0.3 is 0 Å². The van der Waals surface area contributed by atoms with Gasteiger partial charge in [-0.2, -0.15) is 0 Å². The molecular formula is C22H30N2O2. The van der Waals surface area contributed by atoms with Crippen LogP contribution in [0.5, 0.6) is 5.75 Å². The van der Waals surface area contributed by atoms with E-state index < -0.39 is 0 Å². The minimum absolute atomic E-state index is 0.0323. The van der Waals surface area contributed by atoms with Crippen LogP contribution in [0.2, 0.25) is 0 Å². The number of unbranched alkanes of at least 4 members (excludes halogenated alkanes) is 4. The summed E-state index contributed by atoms with van der Waals surface area (Å²) in [5.41, 5.74) is 1.23. The lowest BCUT2D eigenvalue weighted by atomic mass is 10.0. The van der Waals surface area contributed by atoms with E-state index in [4.69, 9.17) is 4.74 Å². The van der Waals surface area contributed by atoms with E-state index in [0.717, 1.165) is 31.6 Å². The molecule has 2 aromatic rings. The zero-order valence-electron chi connectivity index (χ0n) is 16.0. The van der Waals surface area contributed by atoms with E-state index in [1.807, 2.05) is 30.3 Å². The highest BCUT2D eigenvalue weighted by molar-refractivity contribution is 6.12. The summed E-state index contributed by atoms with van der Waals surface area (Å²) in [5, 5.41) is 3.32. The summed E-state index contributed by atoms with van der Waals surface area (Å²) < 4.78 is 5.72. The summed E-state index contributed by atoms with van der Waals surface area (Å²) in [6.45, 7) is 5.83. The van der Waals surface area contributed by atoms with Crippen LogP contribution < -0.4 is 10.1 Å². The third-order valence-corrected chi connectivity index (χ3v) is 4.24. The second-order valence-corrected chi connectivity index (χ2v) is 6.45. The number of ether oxygens (including phenoxy) is 1. The molecule has 140 valence electrons. The van der Waals surface area contributed by atoms with E-state index in [0.29, 0.717) is 23.6 Å². The molecule has 4 nitrogen and oxygen atoms in total. The van der Waals surface area contributed by atoms with Gasteiger partial charge in [0.25, 0.3) is 0 Å². The van der Waals surface area contributed by atoms with Crippen molar-refractivity contribution < 1.29 is 9.53 Å². The number of nitrogens with zero attached hydrogens (tertiary/aromatic N) is 1. The first-order valence-corrected chi connectivity index (χ1v) is 9.72. The van der Waals surface area contributed by atoms with Crippen LogP contribution in [-0.4, -0.2) is 23.9 Å². The normalized spacial score (nSPS) is 10.5. The summed E-state index contributed by atoms with van der Waals surface area (Å²) in [7, 11) is 0. The number of pyridine rings is 1. The van der Waals surface area contributed by atoms with E-state index >= 15 is 0 Å². The van der Waals surface area contributed by atoms with Crippen LogP contribution in [0.15, 0.2) is 42.6 Å². The highest BCUT2D eigenvalue weighted by Crippen LogP contribution is 2.20. The Morgan fingerprint density at radius 2 is 1.88 bits per heavy atom. The minimum atomic E-state index is -0.0323. The minimum Gasteiger partial charge on any atom is -0.494 e. The monoisotopic (exact) mass is 354 g/mol. The molecule has 0 spiro atoms. The molecule has 0 radical (unpaired) electrons. The van der Waals surface area contributed by atoms with Crippen LogP contribution in [0.3, 0.4) is 0 Å². The first kappa shape index (κ1) is 20.0. The zero-order chi connectivity index (χ0) is 18.6. The highest BCUT2D eigenvalue weighted by atomic mass is 16.5. The lowest BCUT2D eigenvalue weighted by Crippen LogP contribution is -2.11. The average Bonchev–Trinajstić information content (AvgIpc) is 2.68. The molecule has 0 saturated heterocycles. The van der Waals surface area contributed by atoms with E-state index in [1.54, 1.807) is 12.3 Å². The third kappa shape index (κ3) is 6.17. The van der Waals surface area contributed by atoms with E-state index in [9.17, 15) is 4.79 Å². The van der Waals surface area contributed by atoms with Crippen LogP contribution in [0.1, 0.15) is 68.3 Å². The Bertz CT molecular complexity index is 685. The summed E-state index contributed by atoms with van der Waals surface area (Å²) in [5.74, 6) is 1.36. The van der Waals surface area contributed by atoms with Crippen molar-refractivity contribution >= 4 is 11.6 Å². The van der Waals surface area contributed by atoms with E-state index in [1.165, 1.54) is 19.3 Å². The molecule has 0 aliphatic carbocycles. The van der Waals surface area contributed by atoms with Crippen LogP contribution in [-0.2, 0) is 0 Å². The summed E-state index contributed by atoms with van der Waals surface area (Å²) in [6, 6.07) is 11.0. The van der Waals surface area contributed by atoms with Gasteiger partial charge < -0.3 is 10.1 Å². The van der Waals surface area contributed by atoms with Gasteiger partial charge in [-0.25, -0.2) is 4.98 Å². The molecular weight excluding hydrogens is 324 g/mol. The molecule has 1 aromatic carbocycles.